The normalized spacial score (nSPS) is 15.3. The van der Waals surface area contributed by atoms with E-state index in [0.29, 0.717) is 10.8 Å². The highest BCUT2D eigenvalue weighted by Gasteiger charge is 2.30. The Balaban J connectivity index is 1.68. The zero-order valence-electron chi connectivity index (χ0n) is 17.3. The molecule has 1 aliphatic rings. The van der Waals surface area contributed by atoms with Crippen molar-refractivity contribution in [3.05, 3.63) is 76.2 Å². The maximum atomic E-state index is 13.3. The monoisotopic (exact) mass is 440 g/mol. The molecule has 1 aliphatic heterocycles. The Hall–Kier alpha value is -3.04. The highest BCUT2D eigenvalue weighted by atomic mass is 32.2. The van der Waals surface area contributed by atoms with Crippen LogP contribution in [0.15, 0.2) is 59.4 Å². The molecule has 0 N–H and O–H groups in total. The highest BCUT2D eigenvalue weighted by molar-refractivity contribution is 7.89. The molecule has 8 nitrogen and oxygen atoms in total. The zero-order valence-corrected chi connectivity index (χ0v) is 18.1. The first-order chi connectivity index (χ1) is 14.9. The fourth-order valence-corrected chi connectivity index (χ4v) is 4.84. The molecule has 0 atom stereocenters. The fraction of sp³-hybridized carbons (Fsp3) is 0.318. The van der Waals surface area contributed by atoms with E-state index < -0.39 is 10.0 Å². The average Bonchev–Trinajstić information content (AvgIpc) is 2.81. The number of fused-ring (bicyclic) bond motifs is 1. The van der Waals surface area contributed by atoms with Crippen molar-refractivity contribution in [2.75, 3.05) is 31.9 Å². The minimum atomic E-state index is -3.28. The van der Waals surface area contributed by atoms with Gasteiger partial charge < -0.3 is 4.90 Å². The smallest absolute Gasteiger partial charge is 0.275 e. The second-order valence-corrected chi connectivity index (χ2v) is 9.69. The number of benzene rings is 2. The van der Waals surface area contributed by atoms with Gasteiger partial charge in [0.1, 0.15) is 0 Å². The lowest BCUT2D eigenvalue weighted by atomic mass is 10.1. The molecule has 9 heteroatoms. The summed E-state index contributed by atoms with van der Waals surface area (Å²) in [6.07, 6.45) is 0. The molecule has 0 unspecified atom stereocenters. The van der Waals surface area contributed by atoms with E-state index in [1.54, 1.807) is 36.1 Å². The van der Waals surface area contributed by atoms with E-state index in [-0.39, 0.29) is 55.6 Å². The molecular weight excluding hydrogens is 416 g/mol. The fourth-order valence-electron chi connectivity index (χ4n) is 3.76. The lowest BCUT2D eigenvalue weighted by Crippen LogP contribution is -2.51. The van der Waals surface area contributed by atoms with E-state index in [1.165, 1.54) is 8.99 Å². The van der Waals surface area contributed by atoms with E-state index in [0.717, 1.165) is 5.56 Å². The molecule has 3 aromatic rings. The van der Waals surface area contributed by atoms with Crippen LogP contribution in [0.1, 0.15) is 23.0 Å². The molecule has 4 rings (SSSR count). The molecule has 1 amide bonds. The molecule has 0 radical (unpaired) electrons. The third-order valence-electron chi connectivity index (χ3n) is 5.53. The summed E-state index contributed by atoms with van der Waals surface area (Å²) in [4.78, 5) is 27.9. The van der Waals surface area contributed by atoms with Gasteiger partial charge in [-0.25, -0.2) is 13.1 Å². The predicted octanol–water partition coefficient (Wildman–Crippen LogP) is 1.55. The lowest BCUT2D eigenvalue weighted by Gasteiger charge is -2.33. The molecular formula is C22H24N4O4S. The maximum absolute atomic E-state index is 13.3. The SMILES string of the molecule is CCS(=O)(=O)N1CCN(C(=O)c2nn(Cc3ccccc3)c(=O)c3ccccc23)CC1. The zero-order chi connectivity index (χ0) is 22.0. The quantitative estimate of drug-likeness (QED) is 0.600. The van der Waals surface area contributed by atoms with Gasteiger partial charge in [-0.15, -0.1) is 0 Å². The Morgan fingerprint density at radius 3 is 2.19 bits per heavy atom. The number of aromatic nitrogens is 2. The van der Waals surface area contributed by atoms with Crippen molar-refractivity contribution in [1.82, 2.24) is 19.0 Å². The number of hydrogen-bond donors (Lipinski definition) is 0. The maximum Gasteiger partial charge on any atom is 0.275 e. The first-order valence-electron chi connectivity index (χ1n) is 10.2. The summed E-state index contributed by atoms with van der Waals surface area (Å²) in [6.45, 7) is 2.94. The van der Waals surface area contributed by atoms with Gasteiger partial charge in [0.2, 0.25) is 10.0 Å². The van der Waals surface area contributed by atoms with E-state index in [4.69, 9.17) is 0 Å². The van der Waals surface area contributed by atoms with Crippen molar-refractivity contribution in [2.24, 2.45) is 0 Å². The summed E-state index contributed by atoms with van der Waals surface area (Å²) in [6, 6.07) is 16.4. The molecule has 1 aromatic heterocycles. The van der Waals surface area contributed by atoms with Gasteiger partial charge in [-0.2, -0.15) is 9.40 Å². The van der Waals surface area contributed by atoms with Crippen molar-refractivity contribution in [2.45, 2.75) is 13.5 Å². The first-order valence-corrected chi connectivity index (χ1v) is 11.8. The summed E-state index contributed by atoms with van der Waals surface area (Å²) in [5.41, 5.74) is 0.858. The van der Waals surface area contributed by atoms with Gasteiger partial charge in [0.15, 0.2) is 5.69 Å². The molecule has 0 spiro atoms. The summed E-state index contributed by atoms with van der Waals surface area (Å²) >= 11 is 0. The van der Waals surface area contributed by atoms with Gasteiger partial charge in [-0.3, -0.25) is 9.59 Å². The van der Waals surface area contributed by atoms with E-state index >= 15 is 0 Å². The molecule has 2 aromatic carbocycles. The van der Waals surface area contributed by atoms with Crippen molar-refractivity contribution >= 4 is 26.7 Å². The largest absolute Gasteiger partial charge is 0.335 e. The number of amides is 1. The number of carbonyl (C=O) groups is 1. The molecule has 1 fully saturated rings. The van der Waals surface area contributed by atoms with Crippen LogP contribution < -0.4 is 5.56 Å². The molecule has 162 valence electrons. The van der Waals surface area contributed by atoms with Crippen LogP contribution in [0.25, 0.3) is 10.8 Å². The van der Waals surface area contributed by atoms with Crippen LogP contribution in [0, 0.1) is 0 Å². The standard InChI is InChI=1S/C22H24N4O4S/c1-2-31(29,30)25-14-12-24(13-15-25)22(28)20-18-10-6-7-11-19(18)21(27)26(23-20)16-17-8-4-3-5-9-17/h3-11H,2,12-16H2,1H3. The van der Waals surface area contributed by atoms with Crippen LogP contribution in [0.5, 0.6) is 0 Å². The van der Waals surface area contributed by atoms with Gasteiger partial charge in [0.05, 0.1) is 17.7 Å². The van der Waals surface area contributed by atoms with Crippen LogP contribution in [0.4, 0.5) is 0 Å². The average molecular weight is 441 g/mol. The molecule has 1 saturated heterocycles. The van der Waals surface area contributed by atoms with Crippen LogP contribution in [-0.2, 0) is 16.6 Å². The van der Waals surface area contributed by atoms with Crippen LogP contribution in [0.2, 0.25) is 0 Å². The minimum Gasteiger partial charge on any atom is -0.335 e. The number of carbonyl (C=O) groups excluding carboxylic acids is 1. The van der Waals surface area contributed by atoms with Gasteiger partial charge in [0, 0.05) is 31.6 Å². The number of piperazine rings is 1. The third kappa shape index (κ3) is 4.24. The molecule has 0 bridgehead atoms. The van der Waals surface area contributed by atoms with E-state index in [2.05, 4.69) is 5.10 Å². The Labute approximate surface area is 180 Å². The van der Waals surface area contributed by atoms with Crippen molar-refractivity contribution in [1.29, 1.82) is 0 Å². The van der Waals surface area contributed by atoms with Crippen LogP contribution in [0.3, 0.4) is 0 Å². The Morgan fingerprint density at radius 1 is 0.935 bits per heavy atom. The summed E-state index contributed by atoms with van der Waals surface area (Å²) in [5.74, 6) is -0.260. The Bertz CT molecular complexity index is 1260. The van der Waals surface area contributed by atoms with Gasteiger partial charge in [0.25, 0.3) is 11.5 Å². The van der Waals surface area contributed by atoms with Crippen molar-refractivity contribution < 1.29 is 13.2 Å². The number of nitrogens with zero attached hydrogens (tertiary/aromatic N) is 4. The van der Waals surface area contributed by atoms with Gasteiger partial charge in [-0.05, 0) is 18.6 Å². The molecule has 31 heavy (non-hydrogen) atoms. The van der Waals surface area contributed by atoms with Gasteiger partial charge >= 0.3 is 0 Å². The lowest BCUT2D eigenvalue weighted by molar-refractivity contribution is 0.0691. The molecule has 0 aliphatic carbocycles. The number of rotatable bonds is 5. The van der Waals surface area contributed by atoms with Crippen LogP contribution >= 0.6 is 0 Å². The summed E-state index contributed by atoms with van der Waals surface area (Å²) < 4.78 is 26.9. The second kappa shape index (κ2) is 8.60. The van der Waals surface area contributed by atoms with Crippen molar-refractivity contribution in [3.63, 3.8) is 0 Å². The van der Waals surface area contributed by atoms with E-state index in [9.17, 15) is 18.0 Å². The van der Waals surface area contributed by atoms with Gasteiger partial charge in [-0.1, -0.05) is 48.5 Å². The first kappa shape index (κ1) is 21.2. The van der Waals surface area contributed by atoms with Crippen molar-refractivity contribution in [3.8, 4) is 0 Å². The summed E-state index contributed by atoms with van der Waals surface area (Å²) in [7, 11) is -3.28. The highest BCUT2D eigenvalue weighted by Crippen LogP contribution is 2.17. The van der Waals surface area contributed by atoms with E-state index in [1.807, 2.05) is 30.3 Å². The Kier molecular flexibility index (Phi) is 5.88. The van der Waals surface area contributed by atoms with Crippen LogP contribution in [-0.4, -0.2) is 65.2 Å². The second-order valence-electron chi connectivity index (χ2n) is 7.43. The third-order valence-corrected chi connectivity index (χ3v) is 7.41. The molecule has 2 heterocycles. The molecule has 0 saturated carbocycles. The predicted molar refractivity (Wildman–Crippen MR) is 118 cm³/mol. The number of sulfonamides is 1. The Morgan fingerprint density at radius 2 is 1.55 bits per heavy atom. The topological polar surface area (TPSA) is 92.6 Å². The minimum absolute atomic E-state index is 0.0393. The summed E-state index contributed by atoms with van der Waals surface area (Å²) in [5, 5.41) is 5.38. The number of hydrogen-bond acceptors (Lipinski definition) is 5.